The second-order valence-corrected chi connectivity index (χ2v) is 7.26. The molecule has 0 atom stereocenters. The second-order valence-electron chi connectivity index (χ2n) is 7.26. The lowest BCUT2D eigenvalue weighted by molar-refractivity contribution is 0.222. The van der Waals surface area contributed by atoms with E-state index in [-0.39, 0.29) is 5.41 Å². The van der Waals surface area contributed by atoms with Gasteiger partial charge in [-0.1, -0.05) is 56.7 Å². The molecule has 1 aromatic rings. The molecule has 2 aliphatic carbocycles. The summed E-state index contributed by atoms with van der Waals surface area (Å²) in [6, 6.07) is 8.84. The minimum absolute atomic E-state index is 0.129. The van der Waals surface area contributed by atoms with E-state index in [1.165, 1.54) is 43.2 Å². The van der Waals surface area contributed by atoms with E-state index < -0.39 is 0 Å². The van der Waals surface area contributed by atoms with E-state index in [4.69, 9.17) is 4.74 Å². The van der Waals surface area contributed by atoms with E-state index in [0.29, 0.717) is 0 Å². The first-order chi connectivity index (χ1) is 12.8. The van der Waals surface area contributed by atoms with Crippen molar-refractivity contribution in [2.45, 2.75) is 51.4 Å². The molecule has 1 fully saturated rings. The van der Waals surface area contributed by atoms with Crippen molar-refractivity contribution < 1.29 is 4.74 Å². The van der Waals surface area contributed by atoms with Gasteiger partial charge < -0.3 is 9.64 Å². The highest BCUT2D eigenvalue weighted by Gasteiger charge is 2.36. The molecule has 0 aliphatic heterocycles. The SMILES string of the molecule is CCN(CC)CCOc1ccc(C2(C3=CC=C=C=C3)CCCCC2)cc1. The average Bonchev–Trinajstić information content (AvgIpc) is 2.73. The molecular weight excluding hydrogens is 318 g/mol. The summed E-state index contributed by atoms with van der Waals surface area (Å²) in [6.45, 7) is 8.27. The Balaban J connectivity index is 1.72. The fraction of sp³-hybridized carbons (Fsp3) is 0.500. The molecule has 2 nitrogen and oxygen atoms in total. The average molecular weight is 350 g/mol. The molecule has 0 heterocycles. The van der Waals surface area contributed by atoms with Crippen molar-refractivity contribution in [1.29, 1.82) is 0 Å². The third-order valence-electron chi connectivity index (χ3n) is 5.89. The summed E-state index contributed by atoms with van der Waals surface area (Å²) in [5.41, 5.74) is 9.12. The summed E-state index contributed by atoms with van der Waals surface area (Å²) in [5.74, 6) is 0.972. The van der Waals surface area contributed by atoms with Crippen molar-refractivity contribution in [2.24, 2.45) is 0 Å². The second kappa shape index (κ2) is 9.10. The number of hydrogen-bond acceptors (Lipinski definition) is 2. The van der Waals surface area contributed by atoms with Gasteiger partial charge in [0, 0.05) is 12.0 Å². The minimum atomic E-state index is 0.129. The van der Waals surface area contributed by atoms with Crippen LogP contribution in [0.4, 0.5) is 0 Å². The predicted octanol–water partition coefficient (Wildman–Crippen LogP) is 5.42. The smallest absolute Gasteiger partial charge is 0.119 e. The zero-order valence-electron chi connectivity index (χ0n) is 16.3. The Hall–Kier alpha value is -1.98. The van der Waals surface area contributed by atoms with Crippen LogP contribution in [0.3, 0.4) is 0 Å². The van der Waals surface area contributed by atoms with Crippen LogP contribution in [0.25, 0.3) is 0 Å². The molecule has 0 bridgehead atoms. The molecule has 138 valence electrons. The summed E-state index contributed by atoms with van der Waals surface area (Å²) in [6.07, 6.45) is 12.7. The van der Waals surface area contributed by atoms with Crippen molar-refractivity contribution in [3.8, 4) is 5.75 Å². The summed E-state index contributed by atoms with van der Waals surface area (Å²) in [5, 5.41) is 0. The number of nitrogens with zero attached hydrogens (tertiary/aromatic N) is 1. The predicted molar refractivity (Wildman–Crippen MR) is 109 cm³/mol. The molecule has 0 amide bonds. The molecule has 0 N–H and O–H groups in total. The van der Waals surface area contributed by atoms with Gasteiger partial charge in [-0.15, -0.1) is 0 Å². The first-order valence-electron chi connectivity index (χ1n) is 10.1. The number of ether oxygens (including phenoxy) is 1. The van der Waals surface area contributed by atoms with Gasteiger partial charge in [0.1, 0.15) is 12.4 Å². The van der Waals surface area contributed by atoms with Gasteiger partial charge in [0.25, 0.3) is 0 Å². The van der Waals surface area contributed by atoms with Gasteiger partial charge >= 0.3 is 0 Å². The lowest BCUT2D eigenvalue weighted by atomic mass is 9.64. The van der Waals surface area contributed by atoms with Gasteiger partial charge in [-0.25, -0.2) is 0 Å². The highest BCUT2D eigenvalue weighted by molar-refractivity contribution is 5.46. The molecule has 0 aromatic heterocycles. The van der Waals surface area contributed by atoms with Crippen LogP contribution in [-0.2, 0) is 5.41 Å². The van der Waals surface area contributed by atoms with Crippen molar-refractivity contribution >= 4 is 0 Å². The first kappa shape index (κ1) is 18.8. The molecule has 0 spiro atoms. The normalized spacial score (nSPS) is 18.2. The molecule has 1 saturated carbocycles. The Labute approximate surface area is 158 Å². The maximum atomic E-state index is 5.97. The zero-order chi connectivity index (χ0) is 18.2. The molecule has 26 heavy (non-hydrogen) atoms. The Morgan fingerprint density at radius 3 is 2.35 bits per heavy atom. The summed E-state index contributed by atoms with van der Waals surface area (Å²) in [4.78, 5) is 2.38. The number of benzene rings is 1. The molecule has 1 aromatic carbocycles. The Kier molecular flexibility index (Phi) is 6.58. The molecule has 3 rings (SSSR count). The van der Waals surface area contributed by atoms with Crippen LogP contribution in [0, 0.1) is 0 Å². The highest BCUT2D eigenvalue weighted by Crippen LogP contribution is 2.46. The highest BCUT2D eigenvalue weighted by atomic mass is 16.5. The Morgan fingerprint density at radius 1 is 1.00 bits per heavy atom. The third-order valence-corrected chi connectivity index (χ3v) is 5.89. The fourth-order valence-electron chi connectivity index (χ4n) is 4.25. The number of hydrogen-bond donors (Lipinski definition) is 0. The van der Waals surface area contributed by atoms with Crippen molar-refractivity contribution in [1.82, 2.24) is 4.90 Å². The quantitative estimate of drug-likeness (QED) is 0.581. The molecule has 0 radical (unpaired) electrons. The van der Waals surface area contributed by atoms with E-state index in [2.05, 4.69) is 66.6 Å². The zero-order valence-corrected chi connectivity index (χ0v) is 16.3. The Bertz CT molecular complexity index is 705. The van der Waals surface area contributed by atoms with E-state index in [1.54, 1.807) is 0 Å². The van der Waals surface area contributed by atoms with E-state index in [0.717, 1.165) is 32.0 Å². The maximum absolute atomic E-state index is 5.97. The van der Waals surface area contributed by atoms with Crippen LogP contribution in [0.2, 0.25) is 0 Å². The summed E-state index contributed by atoms with van der Waals surface area (Å²) < 4.78 is 5.97. The van der Waals surface area contributed by atoms with Gasteiger partial charge in [-0.2, -0.15) is 0 Å². The van der Waals surface area contributed by atoms with Gasteiger partial charge in [-0.05, 0) is 67.4 Å². The standard InChI is InChI=1S/C24H31NO/c1-3-25(4-2)19-20-26-23-15-13-22(14-16-23)24(17-9-6-10-18-24)21-11-7-5-8-12-21/h7,11-16H,3-4,6,9-10,17-20H2,1-2H3. The maximum Gasteiger partial charge on any atom is 0.119 e. The molecule has 0 saturated heterocycles. The van der Waals surface area contributed by atoms with Crippen LogP contribution < -0.4 is 4.74 Å². The summed E-state index contributed by atoms with van der Waals surface area (Å²) in [7, 11) is 0. The van der Waals surface area contributed by atoms with E-state index >= 15 is 0 Å². The van der Waals surface area contributed by atoms with Crippen molar-refractivity contribution in [3.05, 3.63) is 65.1 Å². The Morgan fingerprint density at radius 2 is 1.73 bits per heavy atom. The first-order valence-corrected chi connectivity index (χ1v) is 10.1. The van der Waals surface area contributed by atoms with Crippen LogP contribution in [-0.4, -0.2) is 31.1 Å². The molecule has 2 aliphatic rings. The van der Waals surface area contributed by atoms with Crippen LogP contribution >= 0.6 is 0 Å². The van der Waals surface area contributed by atoms with Gasteiger partial charge in [0.2, 0.25) is 0 Å². The van der Waals surface area contributed by atoms with Gasteiger partial charge in [0.15, 0.2) is 0 Å². The number of rotatable bonds is 8. The lowest BCUT2D eigenvalue weighted by Gasteiger charge is -2.39. The minimum Gasteiger partial charge on any atom is -0.492 e. The lowest BCUT2D eigenvalue weighted by Crippen LogP contribution is -2.31. The topological polar surface area (TPSA) is 12.5 Å². The van der Waals surface area contributed by atoms with Crippen LogP contribution in [0.1, 0.15) is 51.5 Å². The van der Waals surface area contributed by atoms with Crippen molar-refractivity contribution in [2.75, 3.05) is 26.2 Å². The monoisotopic (exact) mass is 349 g/mol. The van der Waals surface area contributed by atoms with Crippen LogP contribution in [0.5, 0.6) is 5.75 Å². The van der Waals surface area contributed by atoms with E-state index in [1.807, 2.05) is 6.08 Å². The molecule has 0 unspecified atom stereocenters. The summed E-state index contributed by atoms with van der Waals surface area (Å²) >= 11 is 0. The van der Waals surface area contributed by atoms with Crippen molar-refractivity contribution in [3.63, 3.8) is 0 Å². The molecule has 2 heteroatoms. The molecular formula is C24H31NO. The van der Waals surface area contributed by atoms with Gasteiger partial charge in [-0.3, -0.25) is 0 Å². The third kappa shape index (κ3) is 4.22. The number of allylic oxidation sites excluding steroid dienone is 4. The fourth-order valence-corrected chi connectivity index (χ4v) is 4.25. The number of likely N-dealkylation sites (N-methyl/N-ethyl adjacent to an activating group) is 1. The van der Waals surface area contributed by atoms with Crippen LogP contribution in [0.15, 0.2) is 59.5 Å². The van der Waals surface area contributed by atoms with Gasteiger partial charge in [0.05, 0.1) is 0 Å². The van der Waals surface area contributed by atoms with E-state index in [9.17, 15) is 0 Å². The largest absolute Gasteiger partial charge is 0.492 e.